The molecule has 0 fully saturated rings. The van der Waals surface area contributed by atoms with Gasteiger partial charge in [0.05, 0.1) is 23.0 Å². The van der Waals surface area contributed by atoms with Crippen molar-refractivity contribution >= 4 is 23.2 Å². The smallest absolute Gasteiger partial charge is 0.0983 e. The summed E-state index contributed by atoms with van der Waals surface area (Å²) in [6, 6.07) is 4.11. The summed E-state index contributed by atoms with van der Waals surface area (Å²) in [6.07, 6.45) is 1.28. The van der Waals surface area contributed by atoms with Crippen LogP contribution in [0.3, 0.4) is 0 Å². The molecule has 1 aromatic heterocycles. The highest BCUT2D eigenvalue weighted by atomic mass is 35.5. The Morgan fingerprint density at radius 2 is 2.38 bits per heavy atom. The minimum atomic E-state index is -2.59. The first-order valence-electron chi connectivity index (χ1n) is 5.93. The van der Waals surface area contributed by atoms with Crippen molar-refractivity contribution in [2.75, 3.05) is 0 Å². The van der Waals surface area contributed by atoms with Crippen LogP contribution < -0.4 is 0 Å². The molecule has 0 spiro atoms. The lowest BCUT2D eigenvalue weighted by Crippen LogP contribution is -2.07. The zero-order chi connectivity index (χ0) is 14.3. The predicted octanol–water partition coefficient (Wildman–Crippen LogP) is 2.92. The SMILES string of the molecule is [2H]C(O)(c1ccc(Cl)cc1Cl)C([2H])([2H])n1ccnc1. The number of imidazole rings is 1. The van der Waals surface area contributed by atoms with E-state index in [4.69, 9.17) is 27.3 Å². The summed E-state index contributed by atoms with van der Waals surface area (Å²) in [5.74, 6) is 0. The van der Waals surface area contributed by atoms with Crippen LogP contribution in [-0.2, 0) is 6.50 Å². The predicted molar refractivity (Wildman–Crippen MR) is 63.6 cm³/mol. The molecule has 1 aromatic carbocycles. The second-order valence-corrected chi connectivity index (χ2v) is 3.90. The summed E-state index contributed by atoms with van der Waals surface area (Å²) in [5.41, 5.74) is -0.0720. The summed E-state index contributed by atoms with van der Waals surface area (Å²) < 4.78 is 24.8. The number of halogens is 2. The van der Waals surface area contributed by atoms with Gasteiger partial charge in [0.25, 0.3) is 0 Å². The van der Waals surface area contributed by atoms with E-state index in [1.165, 1.54) is 36.9 Å². The van der Waals surface area contributed by atoms with Gasteiger partial charge >= 0.3 is 0 Å². The van der Waals surface area contributed by atoms with Crippen LogP contribution in [0.15, 0.2) is 36.9 Å². The Balaban J connectivity index is 2.52. The number of hydrogen-bond donors (Lipinski definition) is 1. The topological polar surface area (TPSA) is 38.0 Å². The van der Waals surface area contributed by atoms with Crippen molar-refractivity contribution in [3.8, 4) is 0 Å². The molecule has 0 bridgehead atoms. The first-order chi connectivity index (χ1) is 8.76. The molecule has 1 atom stereocenters. The highest BCUT2D eigenvalue weighted by Gasteiger charge is 2.12. The molecule has 1 unspecified atom stereocenters. The Bertz CT molecular complexity index is 588. The standard InChI is InChI=1S/C11H10Cl2N2O/c12-8-1-2-9(10(13)5-8)11(16)6-15-4-3-14-7-15/h1-5,7,11,16H,6H2/i6D2,11D. The molecule has 0 saturated heterocycles. The molecule has 0 aliphatic carbocycles. The van der Waals surface area contributed by atoms with Crippen LogP contribution in [-0.4, -0.2) is 14.7 Å². The molecular weight excluding hydrogens is 247 g/mol. The number of nitrogens with zero attached hydrogens (tertiary/aromatic N) is 2. The van der Waals surface area contributed by atoms with Crippen molar-refractivity contribution in [3.63, 3.8) is 0 Å². The average Bonchev–Trinajstić information content (AvgIpc) is 2.81. The Kier molecular flexibility index (Phi) is 2.47. The maximum Gasteiger partial charge on any atom is 0.0983 e. The molecule has 16 heavy (non-hydrogen) atoms. The third-order valence-corrected chi connectivity index (χ3v) is 2.47. The van der Waals surface area contributed by atoms with E-state index in [1.807, 2.05) is 0 Å². The number of aliphatic hydroxyl groups is 1. The van der Waals surface area contributed by atoms with Gasteiger partial charge < -0.3 is 9.67 Å². The Morgan fingerprint density at radius 3 is 3.00 bits per heavy atom. The molecule has 2 rings (SSSR count). The van der Waals surface area contributed by atoms with E-state index >= 15 is 0 Å². The first-order valence-corrected chi connectivity index (χ1v) is 5.19. The fourth-order valence-corrected chi connectivity index (χ4v) is 1.69. The first kappa shape index (κ1) is 8.12. The molecule has 1 heterocycles. The van der Waals surface area contributed by atoms with E-state index in [1.54, 1.807) is 0 Å². The normalized spacial score (nSPS) is 18.3. The van der Waals surface area contributed by atoms with Gasteiger partial charge in [0, 0.05) is 28.0 Å². The minimum absolute atomic E-state index is 0.0222. The molecule has 0 aliphatic heterocycles. The van der Waals surface area contributed by atoms with Crippen LogP contribution in [0.4, 0.5) is 0 Å². The van der Waals surface area contributed by atoms with Crippen LogP contribution in [0.2, 0.25) is 10.0 Å². The number of aromatic nitrogens is 2. The van der Waals surface area contributed by atoms with E-state index < -0.39 is 12.6 Å². The largest absolute Gasteiger partial charge is 0.386 e. The maximum absolute atomic E-state index is 10.3. The molecule has 3 nitrogen and oxygen atoms in total. The van der Waals surface area contributed by atoms with Crippen LogP contribution >= 0.6 is 23.2 Å². The summed E-state index contributed by atoms with van der Waals surface area (Å²) >= 11 is 11.7. The molecule has 0 amide bonds. The van der Waals surface area contributed by atoms with Crippen molar-refractivity contribution in [3.05, 3.63) is 52.5 Å². The van der Waals surface area contributed by atoms with Crippen molar-refractivity contribution in [2.45, 2.75) is 12.6 Å². The molecule has 5 heteroatoms. The lowest BCUT2D eigenvalue weighted by Gasteiger charge is -2.13. The van der Waals surface area contributed by atoms with Gasteiger partial charge in [-0.1, -0.05) is 29.3 Å². The van der Waals surface area contributed by atoms with Crippen molar-refractivity contribution < 1.29 is 9.22 Å². The molecular formula is C11H10Cl2N2O. The molecule has 0 aliphatic rings. The third-order valence-electron chi connectivity index (χ3n) is 1.93. The number of rotatable bonds is 3. The van der Waals surface area contributed by atoms with Gasteiger partial charge in [0.1, 0.15) is 0 Å². The fourth-order valence-electron chi connectivity index (χ4n) is 1.19. The third kappa shape index (κ3) is 2.55. The van der Waals surface area contributed by atoms with Gasteiger partial charge in [0.2, 0.25) is 0 Å². The van der Waals surface area contributed by atoms with Crippen LogP contribution in [0, 0.1) is 0 Å². The van der Waals surface area contributed by atoms with Crippen LogP contribution in [0.1, 0.15) is 15.8 Å². The van der Waals surface area contributed by atoms with Crippen molar-refractivity contribution in [1.82, 2.24) is 9.55 Å². The maximum atomic E-state index is 10.3. The quantitative estimate of drug-likeness (QED) is 0.921. The van der Waals surface area contributed by atoms with Gasteiger partial charge in [-0.3, -0.25) is 0 Å². The highest BCUT2D eigenvalue weighted by molar-refractivity contribution is 6.35. The monoisotopic (exact) mass is 259 g/mol. The lowest BCUT2D eigenvalue weighted by molar-refractivity contribution is 0.156. The van der Waals surface area contributed by atoms with E-state index in [0.717, 1.165) is 4.57 Å². The summed E-state index contributed by atoms with van der Waals surface area (Å²) in [5, 5.41) is 10.6. The Morgan fingerprint density at radius 1 is 1.56 bits per heavy atom. The van der Waals surface area contributed by atoms with Gasteiger partial charge in [-0.2, -0.15) is 0 Å². The van der Waals surface area contributed by atoms with E-state index in [0.29, 0.717) is 5.02 Å². The zero-order valence-electron chi connectivity index (χ0n) is 11.1. The summed E-state index contributed by atoms with van der Waals surface area (Å²) in [4.78, 5) is 3.71. The average molecular weight is 260 g/mol. The van der Waals surface area contributed by atoms with Gasteiger partial charge in [0.15, 0.2) is 0 Å². The lowest BCUT2D eigenvalue weighted by atomic mass is 10.1. The highest BCUT2D eigenvalue weighted by Crippen LogP contribution is 2.27. The van der Waals surface area contributed by atoms with Gasteiger partial charge in [-0.05, 0) is 12.1 Å². The molecule has 0 saturated carbocycles. The molecule has 1 N–H and O–H groups in total. The molecule has 84 valence electrons. The van der Waals surface area contributed by atoms with Gasteiger partial charge in [-0.25, -0.2) is 4.98 Å². The molecule has 0 radical (unpaired) electrons. The number of benzene rings is 1. The van der Waals surface area contributed by atoms with E-state index in [2.05, 4.69) is 4.98 Å². The van der Waals surface area contributed by atoms with Crippen molar-refractivity contribution in [2.24, 2.45) is 0 Å². The van der Waals surface area contributed by atoms with Crippen LogP contribution in [0.5, 0.6) is 0 Å². The Labute approximate surface area is 107 Å². The van der Waals surface area contributed by atoms with Crippen LogP contribution in [0.25, 0.3) is 0 Å². The fraction of sp³-hybridized carbons (Fsp3) is 0.182. The zero-order valence-corrected chi connectivity index (χ0v) is 9.57. The summed E-state index contributed by atoms with van der Waals surface area (Å²) in [7, 11) is 0. The Hall–Kier alpha value is -1.03. The van der Waals surface area contributed by atoms with Gasteiger partial charge in [-0.15, -0.1) is 0 Å². The summed E-state index contributed by atoms with van der Waals surface area (Å²) in [6.45, 7) is -2.44. The minimum Gasteiger partial charge on any atom is -0.386 e. The number of hydrogen-bond acceptors (Lipinski definition) is 2. The second kappa shape index (κ2) is 4.87. The van der Waals surface area contributed by atoms with E-state index in [-0.39, 0.29) is 10.6 Å². The molecule has 2 aromatic rings. The second-order valence-electron chi connectivity index (χ2n) is 3.05. The van der Waals surface area contributed by atoms with Crippen molar-refractivity contribution in [1.29, 1.82) is 0 Å². The van der Waals surface area contributed by atoms with E-state index in [9.17, 15) is 5.11 Å².